The number of benzene rings is 1. The quantitative estimate of drug-likeness (QED) is 0.390. The molecule has 8 heteroatoms. The smallest absolute Gasteiger partial charge is 0.258 e. The van der Waals surface area contributed by atoms with Crippen LogP contribution >= 0.6 is 0 Å². The number of unbranched alkanes of at least 4 members (excludes halogenated alkanes) is 1. The van der Waals surface area contributed by atoms with Gasteiger partial charge < -0.3 is 20.1 Å². The Labute approximate surface area is 160 Å². The van der Waals surface area contributed by atoms with E-state index in [9.17, 15) is 9.59 Å². The van der Waals surface area contributed by atoms with Crippen LogP contribution in [0.25, 0.3) is 0 Å². The number of nitrogens with zero attached hydrogens (tertiary/aromatic N) is 1. The van der Waals surface area contributed by atoms with E-state index in [4.69, 9.17) is 20.1 Å². The summed E-state index contributed by atoms with van der Waals surface area (Å²) in [7, 11) is 0. The number of para-hydroxylation sites is 1. The molecule has 4 N–H and O–H groups in total. The van der Waals surface area contributed by atoms with Crippen LogP contribution in [0.15, 0.2) is 30.3 Å². The fourth-order valence-corrected chi connectivity index (χ4v) is 2.15. The molecule has 1 atom stereocenters. The molecule has 0 saturated carbocycles. The molecule has 1 aromatic carbocycles. The molecule has 8 nitrogen and oxygen atoms in total. The molecule has 2 amide bonds. The maximum absolute atomic E-state index is 12.1. The van der Waals surface area contributed by atoms with Crippen LogP contribution in [0, 0.1) is 5.92 Å². The molecule has 1 aromatic rings. The highest BCUT2D eigenvalue weighted by atomic mass is 16.5. The van der Waals surface area contributed by atoms with E-state index in [1.54, 1.807) is 12.1 Å². The molecule has 0 spiro atoms. The number of hydrazine groups is 1. The zero-order valence-corrected chi connectivity index (χ0v) is 16.1. The van der Waals surface area contributed by atoms with Gasteiger partial charge in [-0.1, -0.05) is 38.0 Å². The Balaban J connectivity index is 0.000000564. The third-order valence-corrected chi connectivity index (χ3v) is 3.46. The third-order valence-electron chi connectivity index (χ3n) is 3.46. The molecule has 0 aromatic heterocycles. The van der Waals surface area contributed by atoms with Crippen molar-refractivity contribution in [2.24, 2.45) is 5.92 Å². The molecule has 0 radical (unpaired) electrons. The summed E-state index contributed by atoms with van der Waals surface area (Å²) >= 11 is 0. The van der Waals surface area contributed by atoms with Gasteiger partial charge in [0.1, 0.15) is 5.92 Å². The highest BCUT2D eigenvalue weighted by Crippen LogP contribution is 2.22. The molecule has 0 bridgehead atoms. The Hall–Kier alpha value is -2.00. The first kappa shape index (κ1) is 25.0. The number of amides is 2. The second kappa shape index (κ2) is 16.2. The van der Waals surface area contributed by atoms with Crippen LogP contribution in [0.1, 0.15) is 33.1 Å². The first-order valence-electron chi connectivity index (χ1n) is 9.17. The van der Waals surface area contributed by atoms with E-state index in [0.717, 1.165) is 12.8 Å². The SMILES string of the molecule is CCCCC1C(=O)NN(c2ccccc2)C1=O.CCOCCO.OCCO. The number of ether oxygens (including phenoxy) is 1. The minimum atomic E-state index is -0.518. The summed E-state index contributed by atoms with van der Waals surface area (Å²) in [6.07, 6.45) is 2.51. The van der Waals surface area contributed by atoms with Crippen LogP contribution in [-0.2, 0) is 14.3 Å². The summed E-state index contributed by atoms with van der Waals surface area (Å²) in [6.45, 7) is 4.99. The van der Waals surface area contributed by atoms with Gasteiger partial charge in [0.25, 0.3) is 11.8 Å². The van der Waals surface area contributed by atoms with Gasteiger partial charge >= 0.3 is 0 Å². The number of carbonyl (C=O) groups is 2. The molecule has 1 fully saturated rings. The fraction of sp³-hybridized carbons (Fsp3) is 0.579. The Bertz CT molecular complexity index is 506. The minimum absolute atomic E-state index is 0.125. The van der Waals surface area contributed by atoms with Gasteiger partial charge in [-0.3, -0.25) is 15.0 Å². The van der Waals surface area contributed by atoms with Gasteiger partial charge in [0.2, 0.25) is 0 Å². The molecule has 1 aliphatic rings. The highest BCUT2D eigenvalue weighted by Gasteiger charge is 2.39. The molecular formula is C19H32N2O6. The van der Waals surface area contributed by atoms with Crippen LogP contribution < -0.4 is 10.4 Å². The van der Waals surface area contributed by atoms with Crippen molar-refractivity contribution in [3.63, 3.8) is 0 Å². The van der Waals surface area contributed by atoms with Gasteiger partial charge in [0, 0.05) is 6.61 Å². The van der Waals surface area contributed by atoms with Crippen molar-refractivity contribution in [2.45, 2.75) is 33.1 Å². The number of hydrogen-bond acceptors (Lipinski definition) is 6. The van der Waals surface area contributed by atoms with Crippen LogP contribution in [0.5, 0.6) is 0 Å². The monoisotopic (exact) mass is 384 g/mol. The van der Waals surface area contributed by atoms with Gasteiger partial charge in [-0.25, -0.2) is 5.01 Å². The van der Waals surface area contributed by atoms with Crippen molar-refractivity contribution in [1.82, 2.24) is 5.43 Å². The van der Waals surface area contributed by atoms with Crippen molar-refractivity contribution >= 4 is 17.5 Å². The van der Waals surface area contributed by atoms with E-state index in [-0.39, 0.29) is 31.6 Å². The lowest BCUT2D eigenvalue weighted by atomic mass is 10.0. The van der Waals surface area contributed by atoms with Crippen molar-refractivity contribution in [3.8, 4) is 0 Å². The zero-order valence-electron chi connectivity index (χ0n) is 16.1. The first-order chi connectivity index (χ1) is 13.1. The van der Waals surface area contributed by atoms with Gasteiger partial charge in [0.15, 0.2) is 0 Å². The lowest BCUT2D eigenvalue weighted by Gasteiger charge is -2.14. The fourth-order valence-electron chi connectivity index (χ4n) is 2.15. The van der Waals surface area contributed by atoms with Crippen LogP contribution in [0.3, 0.4) is 0 Å². The van der Waals surface area contributed by atoms with E-state index in [2.05, 4.69) is 5.43 Å². The lowest BCUT2D eigenvalue weighted by Crippen LogP contribution is -2.35. The predicted molar refractivity (Wildman–Crippen MR) is 103 cm³/mol. The Morgan fingerprint density at radius 1 is 1.04 bits per heavy atom. The molecule has 1 unspecified atom stereocenters. The summed E-state index contributed by atoms with van der Waals surface area (Å²) in [5, 5.41) is 24.7. The Kier molecular flexibility index (Phi) is 15.0. The summed E-state index contributed by atoms with van der Waals surface area (Å²) in [6, 6.07) is 9.17. The Morgan fingerprint density at radius 3 is 2.11 bits per heavy atom. The third kappa shape index (κ3) is 10.0. The zero-order chi connectivity index (χ0) is 20.5. The van der Waals surface area contributed by atoms with Crippen molar-refractivity contribution in [3.05, 3.63) is 30.3 Å². The summed E-state index contributed by atoms with van der Waals surface area (Å²) < 4.78 is 4.73. The largest absolute Gasteiger partial charge is 0.394 e. The van der Waals surface area contributed by atoms with Gasteiger partial charge in [-0.15, -0.1) is 0 Å². The van der Waals surface area contributed by atoms with Gasteiger partial charge in [0.05, 0.1) is 32.1 Å². The van der Waals surface area contributed by atoms with Crippen molar-refractivity contribution in [2.75, 3.05) is 38.0 Å². The normalized spacial score (nSPS) is 15.4. The van der Waals surface area contributed by atoms with Gasteiger partial charge in [-0.05, 0) is 25.5 Å². The summed E-state index contributed by atoms with van der Waals surface area (Å²) in [5.74, 6) is -0.850. The van der Waals surface area contributed by atoms with E-state index in [1.165, 1.54) is 5.01 Å². The molecule has 0 aliphatic carbocycles. The van der Waals surface area contributed by atoms with E-state index >= 15 is 0 Å². The van der Waals surface area contributed by atoms with E-state index in [1.807, 2.05) is 32.0 Å². The molecule has 1 heterocycles. The second-order valence-electron chi connectivity index (χ2n) is 5.55. The molecule has 1 aliphatic heterocycles. The van der Waals surface area contributed by atoms with Gasteiger partial charge in [-0.2, -0.15) is 0 Å². The molecular weight excluding hydrogens is 352 g/mol. The van der Waals surface area contributed by atoms with E-state index in [0.29, 0.717) is 25.3 Å². The average molecular weight is 384 g/mol. The maximum Gasteiger partial charge on any atom is 0.258 e. The summed E-state index contributed by atoms with van der Waals surface area (Å²) in [4.78, 5) is 23.8. The molecule has 1 saturated heterocycles. The number of nitrogens with one attached hydrogen (secondary N) is 1. The maximum atomic E-state index is 12.1. The lowest BCUT2D eigenvalue weighted by molar-refractivity contribution is -0.127. The number of aliphatic hydroxyl groups excluding tert-OH is 3. The number of hydrogen-bond donors (Lipinski definition) is 4. The van der Waals surface area contributed by atoms with Crippen molar-refractivity contribution in [1.29, 1.82) is 0 Å². The average Bonchev–Trinajstić information content (AvgIpc) is 2.99. The number of aliphatic hydroxyl groups is 3. The number of carbonyl (C=O) groups excluding carboxylic acids is 2. The predicted octanol–water partition coefficient (Wildman–Crippen LogP) is 0.857. The Morgan fingerprint density at radius 2 is 1.67 bits per heavy atom. The molecule has 154 valence electrons. The molecule has 27 heavy (non-hydrogen) atoms. The topological polar surface area (TPSA) is 119 Å². The highest BCUT2D eigenvalue weighted by molar-refractivity contribution is 6.14. The first-order valence-corrected chi connectivity index (χ1v) is 9.17. The van der Waals surface area contributed by atoms with Crippen LogP contribution in [0.2, 0.25) is 0 Å². The van der Waals surface area contributed by atoms with Crippen LogP contribution in [0.4, 0.5) is 5.69 Å². The van der Waals surface area contributed by atoms with Crippen LogP contribution in [-0.4, -0.2) is 60.2 Å². The second-order valence-corrected chi connectivity index (χ2v) is 5.55. The number of anilines is 1. The summed E-state index contributed by atoms with van der Waals surface area (Å²) in [5.41, 5.74) is 3.34. The number of rotatable bonds is 8. The van der Waals surface area contributed by atoms with Crippen molar-refractivity contribution < 1.29 is 29.6 Å². The molecule has 2 rings (SSSR count). The minimum Gasteiger partial charge on any atom is -0.394 e. The standard InChI is InChI=1S/C13H16N2O2.C4H10O2.C2H6O2/c1-2-3-9-11-12(16)14-15(13(11)17)10-7-5-4-6-8-10;1-2-6-4-3-5;3-1-2-4/h4-8,11H,2-3,9H2,1H3,(H,14,16);5H,2-4H2,1H3;3-4H,1-2H2. The van der Waals surface area contributed by atoms with E-state index < -0.39 is 5.92 Å².